The molecule has 0 radical (unpaired) electrons. The van der Waals surface area contributed by atoms with Crippen LogP contribution >= 0.6 is 0 Å². The average molecular weight is 437 g/mol. The van der Waals surface area contributed by atoms with Gasteiger partial charge in [0, 0.05) is 50.8 Å². The topological polar surface area (TPSA) is 68.8 Å². The number of alkyl halides is 3. The van der Waals surface area contributed by atoms with Gasteiger partial charge in [0.2, 0.25) is 5.91 Å². The molecule has 0 unspecified atom stereocenters. The molecule has 7 nitrogen and oxygen atoms in total. The molecule has 0 atom stereocenters. The number of likely N-dealkylation sites (tertiary alicyclic amines) is 3. The molecule has 5 rings (SSSR count). The number of nitrogens with one attached hydrogen (secondary N) is 1. The van der Waals surface area contributed by atoms with E-state index in [1.54, 1.807) is 0 Å². The van der Waals surface area contributed by atoms with Crippen molar-refractivity contribution in [2.75, 3.05) is 39.3 Å². The van der Waals surface area contributed by atoms with Crippen LogP contribution in [0.25, 0.3) is 0 Å². The third-order valence-corrected chi connectivity index (χ3v) is 7.27. The van der Waals surface area contributed by atoms with E-state index in [2.05, 4.69) is 15.2 Å². The van der Waals surface area contributed by atoms with Gasteiger partial charge < -0.3 is 15.1 Å². The maximum atomic E-state index is 12.7. The highest BCUT2D eigenvalue weighted by Crippen LogP contribution is 2.42. The first-order chi connectivity index (χ1) is 14.7. The number of halogens is 3. The van der Waals surface area contributed by atoms with Crippen LogP contribution in [0.4, 0.5) is 18.0 Å². The Morgan fingerprint density at radius 3 is 2.29 bits per heavy atom. The van der Waals surface area contributed by atoms with Gasteiger partial charge in [-0.05, 0) is 44.5 Å². The summed E-state index contributed by atoms with van der Waals surface area (Å²) in [5, 5.41) is 3.00. The first kappa shape index (κ1) is 20.5. The van der Waals surface area contributed by atoms with Crippen LogP contribution in [0.1, 0.15) is 36.9 Å². The highest BCUT2D eigenvalue weighted by molar-refractivity contribution is 5.82. The number of carbonyl (C=O) groups excluding carboxylic acids is 2. The first-order valence-electron chi connectivity index (χ1n) is 10.7. The molecule has 2 spiro atoms. The summed E-state index contributed by atoms with van der Waals surface area (Å²) >= 11 is 0. The molecule has 0 saturated carbocycles. The first-order valence-corrected chi connectivity index (χ1v) is 10.7. The Bertz CT molecular complexity index is 866. The molecule has 1 N–H and O–H groups in total. The van der Waals surface area contributed by atoms with Crippen molar-refractivity contribution in [3.63, 3.8) is 0 Å². The summed E-state index contributed by atoms with van der Waals surface area (Å²) in [6, 6.07) is 2.60. The molecule has 1 aromatic heterocycles. The number of urea groups is 1. The molecule has 10 heteroatoms. The van der Waals surface area contributed by atoms with Crippen LogP contribution in [0.5, 0.6) is 0 Å². The molecule has 0 aliphatic carbocycles. The second-order valence-electron chi connectivity index (χ2n) is 9.64. The predicted molar refractivity (Wildman–Crippen MR) is 105 cm³/mol. The SMILES string of the molecule is O=C1CCC2(CN(C(=O)N3CC4(CCN(Cc5ccc(C(F)(F)F)cn5)CC4)C3)C2)N1. The number of hydrogen-bond donors (Lipinski definition) is 1. The molecule has 4 fully saturated rings. The molecule has 5 heterocycles. The van der Waals surface area contributed by atoms with Crippen LogP contribution in [0.3, 0.4) is 0 Å². The molecule has 31 heavy (non-hydrogen) atoms. The van der Waals surface area contributed by atoms with Gasteiger partial charge in [-0.1, -0.05) is 0 Å². The highest BCUT2D eigenvalue weighted by atomic mass is 19.4. The maximum absolute atomic E-state index is 12.7. The molecule has 0 bridgehead atoms. The molecule has 0 aromatic carbocycles. The number of pyridine rings is 1. The number of nitrogens with zero attached hydrogens (tertiary/aromatic N) is 4. The number of hydrogen-bond acceptors (Lipinski definition) is 4. The lowest BCUT2D eigenvalue weighted by atomic mass is 9.72. The van der Waals surface area contributed by atoms with Crippen molar-refractivity contribution in [1.29, 1.82) is 0 Å². The molecule has 4 aliphatic heterocycles. The van der Waals surface area contributed by atoms with Gasteiger partial charge in [0.15, 0.2) is 0 Å². The fourth-order valence-corrected chi connectivity index (χ4v) is 5.35. The molecule has 1 aromatic rings. The monoisotopic (exact) mass is 437 g/mol. The van der Waals surface area contributed by atoms with Crippen molar-refractivity contribution in [2.24, 2.45) is 5.41 Å². The van der Waals surface area contributed by atoms with Crippen LogP contribution in [-0.2, 0) is 17.5 Å². The van der Waals surface area contributed by atoms with Crippen molar-refractivity contribution >= 4 is 11.9 Å². The van der Waals surface area contributed by atoms with Crippen molar-refractivity contribution < 1.29 is 22.8 Å². The lowest BCUT2D eigenvalue weighted by Gasteiger charge is -2.57. The number of rotatable bonds is 2. The van der Waals surface area contributed by atoms with Crippen LogP contribution in [-0.4, -0.2) is 76.4 Å². The van der Waals surface area contributed by atoms with Gasteiger partial charge in [-0.2, -0.15) is 13.2 Å². The van der Waals surface area contributed by atoms with Crippen molar-refractivity contribution in [3.05, 3.63) is 29.6 Å². The number of amides is 3. The van der Waals surface area contributed by atoms with Crippen molar-refractivity contribution in [1.82, 2.24) is 25.0 Å². The average Bonchev–Trinajstić information content (AvgIpc) is 3.07. The summed E-state index contributed by atoms with van der Waals surface area (Å²) in [5.41, 5.74) is -0.117. The standard InChI is InChI=1S/C21H26F3N5O2/c22-21(23,24)15-1-2-16(25-9-15)10-27-7-5-19(6-8-27)11-28(12-19)18(31)29-13-20(14-29)4-3-17(30)26-20/h1-2,9H,3-8,10-14H2,(H,26,30). The smallest absolute Gasteiger partial charge is 0.347 e. The summed E-state index contributed by atoms with van der Waals surface area (Å²) in [4.78, 5) is 34.1. The zero-order valence-corrected chi connectivity index (χ0v) is 17.2. The van der Waals surface area contributed by atoms with Crippen LogP contribution in [0.15, 0.2) is 18.3 Å². The van der Waals surface area contributed by atoms with E-state index >= 15 is 0 Å². The van der Waals surface area contributed by atoms with Gasteiger partial charge in [-0.25, -0.2) is 4.79 Å². The molecule has 3 amide bonds. The summed E-state index contributed by atoms with van der Waals surface area (Å²) in [7, 11) is 0. The van der Waals surface area contributed by atoms with Crippen molar-refractivity contribution in [2.45, 2.75) is 43.9 Å². The van der Waals surface area contributed by atoms with E-state index in [4.69, 9.17) is 0 Å². The van der Waals surface area contributed by atoms with Gasteiger partial charge in [-0.3, -0.25) is 14.7 Å². The minimum Gasteiger partial charge on any atom is -0.347 e. The molecular weight excluding hydrogens is 411 g/mol. The summed E-state index contributed by atoms with van der Waals surface area (Å²) in [5.74, 6) is 0.0771. The lowest BCUT2D eigenvalue weighted by Crippen LogP contribution is -2.73. The fourth-order valence-electron chi connectivity index (χ4n) is 5.35. The highest BCUT2D eigenvalue weighted by Gasteiger charge is 2.53. The van der Waals surface area contributed by atoms with E-state index in [1.165, 1.54) is 6.07 Å². The van der Waals surface area contributed by atoms with Crippen LogP contribution in [0.2, 0.25) is 0 Å². The van der Waals surface area contributed by atoms with Crippen LogP contribution < -0.4 is 5.32 Å². The Morgan fingerprint density at radius 1 is 1.06 bits per heavy atom. The van der Waals surface area contributed by atoms with Gasteiger partial charge in [0.25, 0.3) is 0 Å². The number of aromatic nitrogens is 1. The van der Waals surface area contributed by atoms with Crippen molar-refractivity contribution in [3.8, 4) is 0 Å². The predicted octanol–water partition coefficient (Wildman–Crippen LogP) is 2.08. The van der Waals surface area contributed by atoms with E-state index in [9.17, 15) is 22.8 Å². The normalized spacial score (nSPS) is 24.8. The largest absolute Gasteiger partial charge is 0.417 e. The maximum Gasteiger partial charge on any atom is 0.417 e. The second kappa shape index (κ2) is 7.08. The molecular formula is C21H26F3N5O2. The van der Waals surface area contributed by atoms with Gasteiger partial charge >= 0.3 is 12.2 Å². The summed E-state index contributed by atoms with van der Waals surface area (Å²) < 4.78 is 38.0. The third kappa shape index (κ3) is 3.86. The summed E-state index contributed by atoms with van der Waals surface area (Å²) in [6.07, 6.45) is -0.170. The Hall–Kier alpha value is -2.36. The van der Waals surface area contributed by atoms with E-state index in [0.717, 1.165) is 57.7 Å². The van der Waals surface area contributed by atoms with E-state index in [0.29, 0.717) is 31.7 Å². The Morgan fingerprint density at radius 2 is 1.74 bits per heavy atom. The minimum atomic E-state index is -4.36. The Labute approximate surface area is 178 Å². The second-order valence-corrected chi connectivity index (χ2v) is 9.64. The fraction of sp³-hybridized carbons (Fsp3) is 0.667. The zero-order valence-electron chi connectivity index (χ0n) is 17.2. The lowest BCUT2D eigenvalue weighted by molar-refractivity contribution is -0.137. The van der Waals surface area contributed by atoms with E-state index in [-0.39, 0.29) is 22.9 Å². The third-order valence-electron chi connectivity index (χ3n) is 7.27. The number of piperidine rings is 1. The van der Waals surface area contributed by atoms with Gasteiger partial charge in [0.05, 0.1) is 16.8 Å². The van der Waals surface area contributed by atoms with E-state index in [1.807, 2.05) is 9.80 Å². The summed E-state index contributed by atoms with van der Waals surface area (Å²) in [6.45, 7) is 4.97. The van der Waals surface area contributed by atoms with E-state index < -0.39 is 11.7 Å². The minimum absolute atomic E-state index is 0.0637. The Kier molecular flexibility index (Phi) is 4.69. The van der Waals surface area contributed by atoms with Gasteiger partial charge in [-0.15, -0.1) is 0 Å². The number of carbonyl (C=O) groups is 2. The van der Waals surface area contributed by atoms with Gasteiger partial charge in [0.1, 0.15) is 0 Å². The quantitative estimate of drug-likeness (QED) is 0.770. The molecule has 4 saturated heterocycles. The zero-order chi connectivity index (χ0) is 21.9. The molecule has 4 aliphatic rings. The Balaban J connectivity index is 1.06. The molecule has 168 valence electrons. The van der Waals surface area contributed by atoms with Crippen LogP contribution in [0, 0.1) is 5.41 Å².